The third-order valence-electron chi connectivity index (χ3n) is 3.11. The van der Waals surface area contributed by atoms with Gasteiger partial charge in [-0.25, -0.2) is 0 Å². The van der Waals surface area contributed by atoms with Crippen LogP contribution in [0.2, 0.25) is 0 Å². The molecule has 5 nitrogen and oxygen atoms in total. The second kappa shape index (κ2) is 6.49. The number of rotatable bonds is 6. The van der Waals surface area contributed by atoms with Crippen LogP contribution in [0.4, 0.5) is 0 Å². The third-order valence-corrected chi connectivity index (χ3v) is 3.11. The molecule has 100 valence electrons. The maximum absolute atomic E-state index is 12.0. The monoisotopic (exact) mass is 252 g/mol. The van der Waals surface area contributed by atoms with Gasteiger partial charge in [0.15, 0.2) is 0 Å². The molecule has 0 heterocycles. The zero-order valence-electron chi connectivity index (χ0n) is 10.5. The number of aliphatic hydroxyl groups excluding tert-OH is 2. The molecule has 1 aromatic rings. The van der Waals surface area contributed by atoms with Gasteiger partial charge < -0.3 is 21.3 Å². The number of hydrogen-bond donors (Lipinski definition) is 4. The highest BCUT2D eigenvalue weighted by Gasteiger charge is 2.30. The van der Waals surface area contributed by atoms with Crippen molar-refractivity contribution in [2.24, 2.45) is 5.73 Å². The molecule has 1 aromatic carbocycles. The number of hydrogen-bond acceptors (Lipinski definition) is 4. The molecule has 0 fully saturated rings. The van der Waals surface area contributed by atoms with E-state index in [-0.39, 0.29) is 13.2 Å². The van der Waals surface area contributed by atoms with E-state index >= 15 is 0 Å². The largest absolute Gasteiger partial charge is 0.394 e. The van der Waals surface area contributed by atoms with Crippen molar-refractivity contribution < 1.29 is 15.0 Å². The van der Waals surface area contributed by atoms with Gasteiger partial charge >= 0.3 is 0 Å². The molecule has 18 heavy (non-hydrogen) atoms. The Hall–Kier alpha value is -1.43. The van der Waals surface area contributed by atoms with Crippen LogP contribution < -0.4 is 11.1 Å². The lowest BCUT2D eigenvalue weighted by molar-refractivity contribution is -0.125. The smallest absolute Gasteiger partial charge is 0.242 e. The molecule has 0 radical (unpaired) electrons. The van der Waals surface area contributed by atoms with Crippen LogP contribution in [0.1, 0.15) is 24.9 Å². The highest BCUT2D eigenvalue weighted by atomic mass is 16.3. The average molecular weight is 252 g/mol. The number of amides is 1. The summed E-state index contributed by atoms with van der Waals surface area (Å²) in [5.74, 6) is -0.411. The lowest BCUT2D eigenvalue weighted by Gasteiger charge is -2.31. The molecule has 0 aliphatic carbocycles. The topological polar surface area (TPSA) is 95.6 Å². The van der Waals surface area contributed by atoms with Gasteiger partial charge in [-0.2, -0.15) is 0 Å². The van der Waals surface area contributed by atoms with Crippen molar-refractivity contribution >= 4 is 5.91 Å². The molecule has 1 atom stereocenters. The van der Waals surface area contributed by atoms with E-state index in [1.807, 2.05) is 6.07 Å². The molecule has 1 amide bonds. The van der Waals surface area contributed by atoms with Crippen LogP contribution >= 0.6 is 0 Å². The molecule has 0 aliphatic heterocycles. The summed E-state index contributed by atoms with van der Waals surface area (Å²) in [6.45, 7) is 1.13. The van der Waals surface area contributed by atoms with Crippen molar-refractivity contribution in [1.29, 1.82) is 0 Å². The Morgan fingerprint density at radius 2 is 1.89 bits per heavy atom. The van der Waals surface area contributed by atoms with E-state index < -0.39 is 17.5 Å². The minimum Gasteiger partial charge on any atom is -0.394 e. The first-order chi connectivity index (χ1) is 8.58. The normalized spacial score (nSPS) is 13.1. The predicted octanol–water partition coefficient (Wildman–Crippen LogP) is -0.0640. The lowest BCUT2D eigenvalue weighted by Crippen LogP contribution is -2.55. The zero-order chi connectivity index (χ0) is 13.6. The summed E-state index contributed by atoms with van der Waals surface area (Å²) < 4.78 is 0. The lowest BCUT2D eigenvalue weighted by atomic mass is 9.97. The molecular formula is C13H20N2O3. The first-order valence-electron chi connectivity index (χ1n) is 5.93. The van der Waals surface area contributed by atoms with E-state index in [0.29, 0.717) is 12.0 Å². The van der Waals surface area contributed by atoms with Gasteiger partial charge in [-0.05, 0) is 12.0 Å². The van der Waals surface area contributed by atoms with Crippen molar-refractivity contribution in [2.75, 3.05) is 13.2 Å². The first-order valence-corrected chi connectivity index (χ1v) is 5.93. The molecule has 0 spiro atoms. The van der Waals surface area contributed by atoms with Gasteiger partial charge in [-0.1, -0.05) is 37.3 Å². The van der Waals surface area contributed by atoms with Gasteiger partial charge in [-0.15, -0.1) is 0 Å². The minimum absolute atomic E-state index is 0.326. The van der Waals surface area contributed by atoms with Crippen molar-refractivity contribution in [3.63, 3.8) is 0 Å². The molecule has 0 aliphatic rings. The van der Waals surface area contributed by atoms with Crippen LogP contribution in [-0.4, -0.2) is 34.9 Å². The number of carbonyl (C=O) groups excluding carboxylic acids is 1. The first kappa shape index (κ1) is 14.6. The Morgan fingerprint density at radius 3 is 2.33 bits per heavy atom. The second-order valence-electron chi connectivity index (χ2n) is 4.33. The van der Waals surface area contributed by atoms with Gasteiger partial charge in [-0.3, -0.25) is 4.79 Å². The molecule has 0 saturated carbocycles. The fourth-order valence-corrected chi connectivity index (χ4v) is 1.59. The number of aliphatic hydroxyl groups is 2. The van der Waals surface area contributed by atoms with Crippen LogP contribution in [0.5, 0.6) is 0 Å². The Bertz CT molecular complexity index is 369. The predicted molar refractivity (Wildman–Crippen MR) is 68.7 cm³/mol. The highest BCUT2D eigenvalue weighted by Crippen LogP contribution is 2.13. The van der Waals surface area contributed by atoms with E-state index in [9.17, 15) is 15.0 Å². The van der Waals surface area contributed by atoms with Crippen LogP contribution in [0.15, 0.2) is 30.3 Å². The maximum Gasteiger partial charge on any atom is 0.242 e. The third kappa shape index (κ3) is 3.29. The quantitative estimate of drug-likeness (QED) is 0.570. The summed E-state index contributed by atoms with van der Waals surface area (Å²) in [5.41, 5.74) is 5.51. The summed E-state index contributed by atoms with van der Waals surface area (Å²) in [6.07, 6.45) is 0.424. The van der Waals surface area contributed by atoms with E-state index in [2.05, 4.69) is 5.32 Å². The molecular weight excluding hydrogens is 232 g/mol. The summed E-state index contributed by atoms with van der Waals surface area (Å²) in [6, 6.07) is 8.15. The SMILES string of the molecule is CCC(CO)(CO)NC(=O)C(N)c1ccccc1. The number of benzene rings is 1. The molecule has 5 N–H and O–H groups in total. The molecule has 1 rings (SSSR count). The van der Waals surface area contributed by atoms with Crippen molar-refractivity contribution in [1.82, 2.24) is 5.32 Å². The van der Waals surface area contributed by atoms with Gasteiger partial charge in [0.1, 0.15) is 6.04 Å². The van der Waals surface area contributed by atoms with Gasteiger partial charge in [0, 0.05) is 0 Å². The molecule has 0 bridgehead atoms. The Balaban J connectivity index is 2.76. The van der Waals surface area contributed by atoms with Crippen molar-refractivity contribution in [3.8, 4) is 0 Å². The summed E-state index contributed by atoms with van der Waals surface area (Å²) in [7, 11) is 0. The summed E-state index contributed by atoms with van der Waals surface area (Å²) in [4.78, 5) is 12.0. The molecule has 0 saturated heterocycles. The number of nitrogens with one attached hydrogen (secondary N) is 1. The molecule has 0 aromatic heterocycles. The van der Waals surface area contributed by atoms with Crippen LogP contribution in [0.3, 0.4) is 0 Å². The van der Waals surface area contributed by atoms with Crippen LogP contribution in [0, 0.1) is 0 Å². The molecule has 1 unspecified atom stereocenters. The van der Waals surface area contributed by atoms with Gasteiger partial charge in [0.2, 0.25) is 5.91 Å². The highest BCUT2D eigenvalue weighted by molar-refractivity contribution is 5.83. The standard InChI is InChI=1S/C13H20N2O3/c1-2-13(8-16,9-17)15-12(18)11(14)10-6-4-3-5-7-10/h3-7,11,16-17H,2,8-9,14H2,1H3,(H,15,18). The van der Waals surface area contributed by atoms with E-state index in [1.54, 1.807) is 31.2 Å². The Kier molecular flexibility index (Phi) is 5.27. The fraction of sp³-hybridized carbons (Fsp3) is 0.462. The van der Waals surface area contributed by atoms with Crippen LogP contribution in [-0.2, 0) is 4.79 Å². The van der Waals surface area contributed by atoms with Crippen molar-refractivity contribution in [3.05, 3.63) is 35.9 Å². The average Bonchev–Trinajstić information content (AvgIpc) is 2.45. The number of carbonyl (C=O) groups is 1. The van der Waals surface area contributed by atoms with Crippen LogP contribution in [0.25, 0.3) is 0 Å². The Morgan fingerprint density at radius 1 is 1.33 bits per heavy atom. The van der Waals surface area contributed by atoms with Gasteiger partial charge in [0.05, 0.1) is 18.8 Å². The molecule has 5 heteroatoms. The Labute approximate surface area is 107 Å². The van der Waals surface area contributed by atoms with E-state index in [4.69, 9.17) is 5.73 Å². The van der Waals surface area contributed by atoms with E-state index in [1.165, 1.54) is 0 Å². The van der Waals surface area contributed by atoms with E-state index in [0.717, 1.165) is 0 Å². The maximum atomic E-state index is 12.0. The van der Waals surface area contributed by atoms with Crippen molar-refractivity contribution in [2.45, 2.75) is 24.9 Å². The minimum atomic E-state index is -1.01. The zero-order valence-corrected chi connectivity index (χ0v) is 10.5. The summed E-state index contributed by atoms with van der Waals surface area (Å²) >= 11 is 0. The fourth-order valence-electron chi connectivity index (χ4n) is 1.59. The van der Waals surface area contributed by atoms with Gasteiger partial charge in [0.25, 0.3) is 0 Å². The summed E-state index contributed by atoms with van der Waals surface area (Å²) in [5, 5.41) is 21.1. The second-order valence-corrected chi connectivity index (χ2v) is 4.33. The number of nitrogens with two attached hydrogens (primary N) is 1.